The summed E-state index contributed by atoms with van der Waals surface area (Å²) >= 11 is 3.39. The standard InChI is InChI=1S/C21H24BrNO4/c1-13(26-15-7-5-14(22)6-8-15)20(24)23-18-12-21(2,3)27-19-10-9-16(25-4)11-17(18)19/h5-11,13,18H,12H2,1-4H3,(H,23,24)/t13-,18+/m0/s1. The van der Waals surface area contributed by atoms with E-state index in [0.717, 1.165) is 21.5 Å². The van der Waals surface area contributed by atoms with Crippen molar-refractivity contribution < 1.29 is 19.0 Å². The van der Waals surface area contributed by atoms with Crippen molar-refractivity contribution in [1.82, 2.24) is 5.32 Å². The SMILES string of the molecule is COc1ccc2c(c1)[C@H](NC(=O)[C@H](C)Oc1ccc(Br)cc1)CC(C)(C)O2. The highest BCUT2D eigenvalue weighted by Crippen LogP contribution is 2.41. The van der Waals surface area contributed by atoms with Gasteiger partial charge in [0.15, 0.2) is 6.10 Å². The lowest BCUT2D eigenvalue weighted by Crippen LogP contribution is -2.44. The van der Waals surface area contributed by atoms with Crippen LogP contribution in [-0.2, 0) is 4.79 Å². The summed E-state index contributed by atoms with van der Waals surface area (Å²) in [6.07, 6.45) is 0.0374. The maximum atomic E-state index is 12.7. The molecule has 144 valence electrons. The van der Waals surface area contributed by atoms with Crippen LogP contribution < -0.4 is 19.5 Å². The molecule has 0 saturated carbocycles. The maximum absolute atomic E-state index is 12.7. The zero-order valence-electron chi connectivity index (χ0n) is 15.9. The molecular formula is C21H24BrNO4. The summed E-state index contributed by atoms with van der Waals surface area (Å²) < 4.78 is 18.1. The Balaban J connectivity index is 1.75. The summed E-state index contributed by atoms with van der Waals surface area (Å²) in [5.41, 5.74) is 0.535. The van der Waals surface area contributed by atoms with Gasteiger partial charge in [-0.25, -0.2) is 0 Å². The van der Waals surface area contributed by atoms with E-state index in [0.29, 0.717) is 12.2 Å². The average molecular weight is 434 g/mol. The van der Waals surface area contributed by atoms with E-state index in [1.807, 2.05) is 56.3 Å². The van der Waals surface area contributed by atoms with Crippen molar-refractivity contribution in [2.24, 2.45) is 0 Å². The number of rotatable bonds is 5. The number of carbonyl (C=O) groups is 1. The van der Waals surface area contributed by atoms with Crippen LogP contribution in [0.15, 0.2) is 46.9 Å². The molecule has 1 heterocycles. The van der Waals surface area contributed by atoms with Gasteiger partial charge in [0.25, 0.3) is 5.91 Å². The van der Waals surface area contributed by atoms with Gasteiger partial charge in [-0.15, -0.1) is 0 Å². The second-order valence-electron chi connectivity index (χ2n) is 7.24. The molecule has 6 heteroatoms. The van der Waals surface area contributed by atoms with E-state index >= 15 is 0 Å². The van der Waals surface area contributed by atoms with Crippen LogP contribution in [0.2, 0.25) is 0 Å². The molecule has 3 rings (SSSR count). The fourth-order valence-electron chi connectivity index (χ4n) is 3.15. The van der Waals surface area contributed by atoms with Crippen LogP contribution in [0.1, 0.15) is 38.8 Å². The van der Waals surface area contributed by atoms with E-state index in [-0.39, 0.29) is 17.6 Å². The van der Waals surface area contributed by atoms with Crippen LogP contribution in [0, 0.1) is 0 Å². The normalized spacial score (nSPS) is 18.6. The van der Waals surface area contributed by atoms with E-state index in [2.05, 4.69) is 21.2 Å². The van der Waals surface area contributed by atoms with E-state index in [4.69, 9.17) is 14.2 Å². The molecule has 0 aromatic heterocycles. The number of ether oxygens (including phenoxy) is 3. The second kappa shape index (κ2) is 7.80. The topological polar surface area (TPSA) is 56.8 Å². The van der Waals surface area contributed by atoms with Crippen LogP contribution in [0.3, 0.4) is 0 Å². The number of nitrogens with one attached hydrogen (secondary N) is 1. The lowest BCUT2D eigenvalue weighted by molar-refractivity contribution is -0.128. The lowest BCUT2D eigenvalue weighted by atomic mass is 9.89. The summed E-state index contributed by atoms with van der Waals surface area (Å²) in [6.45, 7) is 5.77. The molecule has 2 aromatic carbocycles. The minimum Gasteiger partial charge on any atom is -0.497 e. The van der Waals surface area contributed by atoms with Crippen molar-refractivity contribution in [1.29, 1.82) is 0 Å². The highest BCUT2D eigenvalue weighted by Gasteiger charge is 2.35. The molecule has 0 aliphatic carbocycles. The largest absolute Gasteiger partial charge is 0.497 e. The third-order valence-corrected chi connectivity index (χ3v) is 5.02. The number of halogens is 1. The van der Waals surface area contributed by atoms with Crippen LogP contribution in [0.5, 0.6) is 17.2 Å². The Labute approximate surface area is 168 Å². The van der Waals surface area contributed by atoms with Crippen molar-refractivity contribution in [3.8, 4) is 17.2 Å². The zero-order valence-corrected chi connectivity index (χ0v) is 17.5. The first-order chi connectivity index (χ1) is 12.8. The Hall–Kier alpha value is -2.21. The molecule has 0 radical (unpaired) electrons. The van der Waals surface area contributed by atoms with E-state index < -0.39 is 6.10 Å². The first kappa shape index (κ1) is 19.5. The Morgan fingerprint density at radius 3 is 2.56 bits per heavy atom. The predicted octanol–water partition coefficient (Wildman–Crippen LogP) is 4.64. The quantitative estimate of drug-likeness (QED) is 0.745. The van der Waals surface area contributed by atoms with Gasteiger partial charge in [0.2, 0.25) is 0 Å². The van der Waals surface area contributed by atoms with Crippen LogP contribution in [-0.4, -0.2) is 24.7 Å². The number of hydrogen-bond acceptors (Lipinski definition) is 4. The van der Waals surface area contributed by atoms with Gasteiger partial charge >= 0.3 is 0 Å². The molecule has 5 nitrogen and oxygen atoms in total. The van der Waals surface area contributed by atoms with Crippen LogP contribution >= 0.6 is 15.9 Å². The molecule has 0 saturated heterocycles. The number of methoxy groups -OCH3 is 1. The Morgan fingerprint density at radius 2 is 1.89 bits per heavy atom. The number of amides is 1. The third kappa shape index (κ3) is 4.75. The minimum absolute atomic E-state index is 0.172. The van der Waals surface area contributed by atoms with Crippen molar-refractivity contribution in [3.05, 3.63) is 52.5 Å². The molecule has 0 fully saturated rings. The van der Waals surface area contributed by atoms with E-state index in [1.165, 1.54) is 0 Å². The molecule has 2 aromatic rings. The van der Waals surface area contributed by atoms with Gasteiger partial charge in [-0.05, 0) is 63.2 Å². The van der Waals surface area contributed by atoms with Crippen molar-refractivity contribution in [3.63, 3.8) is 0 Å². The van der Waals surface area contributed by atoms with Crippen molar-refractivity contribution in [2.45, 2.75) is 44.9 Å². The molecule has 1 aliphatic heterocycles. The molecule has 1 amide bonds. The number of carbonyl (C=O) groups excluding carboxylic acids is 1. The first-order valence-electron chi connectivity index (χ1n) is 8.87. The summed E-state index contributed by atoms with van der Waals surface area (Å²) in [6, 6.07) is 12.9. The van der Waals surface area contributed by atoms with Gasteiger partial charge in [-0.3, -0.25) is 4.79 Å². The smallest absolute Gasteiger partial charge is 0.261 e. The summed E-state index contributed by atoms with van der Waals surface area (Å²) in [5.74, 6) is 1.97. The van der Waals surface area contributed by atoms with E-state index in [1.54, 1.807) is 14.0 Å². The Kier molecular flexibility index (Phi) is 5.65. The number of fused-ring (bicyclic) bond motifs is 1. The highest BCUT2D eigenvalue weighted by molar-refractivity contribution is 9.10. The third-order valence-electron chi connectivity index (χ3n) is 4.49. The summed E-state index contributed by atoms with van der Waals surface area (Å²) in [5, 5.41) is 3.10. The fraction of sp³-hybridized carbons (Fsp3) is 0.381. The van der Waals surface area contributed by atoms with E-state index in [9.17, 15) is 4.79 Å². The van der Waals surface area contributed by atoms with Crippen LogP contribution in [0.25, 0.3) is 0 Å². The molecule has 2 atom stereocenters. The van der Waals surface area contributed by atoms with Gasteiger partial charge in [-0.1, -0.05) is 15.9 Å². The molecule has 0 bridgehead atoms. The monoisotopic (exact) mass is 433 g/mol. The van der Waals surface area contributed by atoms with Gasteiger partial charge in [0.1, 0.15) is 22.8 Å². The van der Waals surface area contributed by atoms with Gasteiger partial charge < -0.3 is 19.5 Å². The molecule has 0 spiro atoms. The summed E-state index contributed by atoms with van der Waals surface area (Å²) in [4.78, 5) is 12.7. The molecule has 27 heavy (non-hydrogen) atoms. The lowest BCUT2D eigenvalue weighted by Gasteiger charge is -2.38. The predicted molar refractivity (Wildman–Crippen MR) is 107 cm³/mol. The van der Waals surface area contributed by atoms with Gasteiger partial charge in [-0.2, -0.15) is 0 Å². The average Bonchev–Trinajstić information content (AvgIpc) is 2.62. The summed E-state index contributed by atoms with van der Waals surface area (Å²) in [7, 11) is 1.62. The van der Waals surface area contributed by atoms with Crippen molar-refractivity contribution in [2.75, 3.05) is 7.11 Å². The number of hydrogen-bond donors (Lipinski definition) is 1. The Morgan fingerprint density at radius 1 is 1.22 bits per heavy atom. The minimum atomic E-state index is -0.619. The second-order valence-corrected chi connectivity index (χ2v) is 8.16. The fourth-order valence-corrected chi connectivity index (χ4v) is 3.41. The number of benzene rings is 2. The first-order valence-corrected chi connectivity index (χ1v) is 9.66. The molecule has 1 N–H and O–H groups in total. The Bertz CT molecular complexity index is 819. The van der Waals surface area contributed by atoms with Crippen LogP contribution in [0.4, 0.5) is 0 Å². The highest BCUT2D eigenvalue weighted by atomic mass is 79.9. The van der Waals surface area contributed by atoms with Gasteiger partial charge in [0, 0.05) is 16.5 Å². The molecule has 1 aliphatic rings. The van der Waals surface area contributed by atoms with Gasteiger partial charge in [0.05, 0.1) is 13.2 Å². The maximum Gasteiger partial charge on any atom is 0.261 e. The molecule has 0 unspecified atom stereocenters. The molecular weight excluding hydrogens is 410 g/mol. The zero-order chi connectivity index (χ0) is 19.6. The van der Waals surface area contributed by atoms with Crippen molar-refractivity contribution >= 4 is 21.8 Å².